The van der Waals surface area contributed by atoms with Gasteiger partial charge in [0, 0.05) is 19.6 Å². The fourth-order valence-corrected chi connectivity index (χ4v) is 2.28. The molecule has 5 heteroatoms. The Morgan fingerprint density at radius 1 is 1.24 bits per heavy atom. The second-order valence-electron chi connectivity index (χ2n) is 5.62. The number of benzene rings is 1. The molecule has 2 N–H and O–H groups in total. The summed E-state index contributed by atoms with van der Waals surface area (Å²) in [4.78, 5) is 23.8. The molecular formula is C16H24N2O3. The summed E-state index contributed by atoms with van der Waals surface area (Å²) in [6.45, 7) is 6.26. The van der Waals surface area contributed by atoms with Crippen molar-refractivity contribution in [2.24, 2.45) is 0 Å². The summed E-state index contributed by atoms with van der Waals surface area (Å²) < 4.78 is 0. The second-order valence-corrected chi connectivity index (χ2v) is 5.62. The van der Waals surface area contributed by atoms with Gasteiger partial charge in [-0.05, 0) is 32.8 Å². The number of rotatable bonds is 6. The highest BCUT2D eigenvalue weighted by atomic mass is 16.4. The lowest BCUT2D eigenvalue weighted by Crippen LogP contribution is -2.43. The molecular weight excluding hydrogens is 268 g/mol. The van der Waals surface area contributed by atoms with Crippen LogP contribution in [-0.2, 0) is 11.2 Å². The van der Waals surface area contributed by atoms with Crippen molar-refractivity contribution in [3.05, 3.63) is 34.9 Å². The van der Waals surface area contributed by atoms with Crippen LogP contribution in [0.3, 0.4) is 0 Å². The average Bonchev–Trinajstić information content (AvgIpc) is 2.34. The Kier molecular flexibility index (Phi) is 6.21. The minimum Gasteiger partial charge on any atom is -0.481 e. The number of hydrogen-bond donors (Lipinski definition) is 2. The zero-order chi connectivity index (χ0) is 16.0. The number of hydrogen-bond acceptors (Lipinski definition) is 2. The van der Waals surface area contributed by atoms with Crippen LogP contribution < -0.4 is 5.32 Å². The van der Waals surface area contributed by atoms with Gasteiger partial charge in [0.1, 0.15) is 0 Å². The van der Waals surface area contributed by atoms with Crippen molar-refractivity contribution >= 4 is 12.0 Å². The van der Waals surface area contributed by atoms with Crippen LogP contribution in [0.4, 0.5) is 4.79 Å². The summed E-state index contributed by atoms with van der Waals surface area (Å²) in [5.74, 6) is -0.905. The van der Waals surface area contributed by atoms with Gasteiger partial charge in [0.05, 0.1) is 6.42 Å². The predicted octanol–water partition coefficient (Wildman–Crippen LogP) is 2.35. The smallest absolute Gasteiger partial charge is 0.317 e. The van der Waals surface area contributed by atoms with E-state index in [2.05, 4.69) is 37.4 Å². The van der Waals surface area contributed by atoms with E-state index in [1.54, 1.807) is 7.05 Å². The SMILES string of the molecule is Cc1cc(C)cc(CC(C)NC(=O)N(C)CCC(=O)O)c1. The number of nitrogens with one attached hydrogen (secondary N) is 1. The van der Waals surface area contributed by atoms with Crippen LogP contribution >= 0.6 is 0 Å². The Morgan fingerprint density at radius 2 is 1.81 bits per heavy atom. The van der Waals surface area contributed by atoms with Crippen LogP contribution in [0.1, 0.15) is 30.0 Å². The van der Waals surface area contributed by atoms with Gasteiger partial charge in [-0.25, -0.2) is 4.79 Å². The highest BCUT2D eigenvalue weighted by Crippen LogP contribution is 2.11. The first kappa shape index (κ1) is 17.0. The molecule has 0 spiro atoms. The number of carbonyl (C=O) groups is 2. The zero-order valence-corrected chi connectivity index (χ0v) is 13.1. The summed E-state index contributed by atoms with van der Waals surface area (Å²) in [5.41, 5.74) is 3.61. The number of aryl methyl sites for hydroxylation is 2. The summed E-state index contributed by atoms with van der Waals surface area (Å²) in [5, 5.41) is 11.5. The highest BCUT2D eigenvalue weighted by molar-refractivity contribution is 5.75. The van der Waals surface area contributed by atoms with Crippen LogP contribution in [-0.4, -0.2) is 41.6 Å². The summed E-state index contributed by atoms with van der Waals surface area (Å²) in [7, 11) is 1.60. The van der Waals surface area contributed by atoms with E-state index in [0.717, 1.165) is 6.42 Å². The lowest BCUT2D eigenvalue weighted by Gasteiger charge is -2.21. The van der Waals surface area contributed by atoms with Crippen LogP contribution in [0.5, 0.6) is 0 Å². The van der Waals surface area contributed by atoms with Gasteiger partial charge >= 0.3 is 12.0 Å². The number of nitrogens with zero attached hydrogens (tertiary/aromatic N) is 1. The normalized spacial score (nSPS) is 11.8. The molecule has 0 aliphatic heterocycles. The van der Waals surface area contributed by atoms with E-state index in [1.165, 1.54) is 21.6 Å². The molecule has 1 atom stereocenters. The molecule has 1 unspecified atom stereocenters. The van der Waals surface area contributed by atoms with Gasteiger partial charge < -0.3 is 15.3 Å². The molecule has 0 aromatic heterocycles. The largest absolute Gasteiger partial charge is 0.481 e. The van der Waals surface area contributed by atoms with Gasteiger partial charge in [0.25, 0.3) is 0 Å². The van der Waals surface area contributed by atoms with Crippen molar-refractivity contribution in [2.75, 3.05) is 13.6 Å². The molecule has 0 heterocycles. The molecule has 0 saturated carbocycles. The first-order chi connectivity index (χ1) is 9.77. The quantitative estimate of drug-likeness (QED) is 0.845. The van der Waals surface area contributed by atoms with Crippen molar-refractivity contribution in [3.63, 3.8) is 0 Å². The van der Waals surface area contributed by atoms with Gasteiger partial charge in [-0.1, -0.05) is 29.3 Å². The van der Waals surface area contributed by atoms with Crippen molar-refractivity contribution < 1.29 is 14.7 Å². The van der Waals surface area contributed by atoms with Crippen LogP contribution in [0.25, 0.3) is 0 Å². The molecule has 1 aromatic carbocycles. The van der Waals surface area contributed by atoms with E-state index in [1.807, 2.05) is 6.92 Å². The maximum Gasteiger partial charge on any atom is 0.317 e. The zero-order valence-electron chi connectivity index (χ0n) is 13.1. The lowest BCUT2D eigenvalue weighted by molar-refractivity contribution is -0.137. The van der Waals surface area contributed by atoms with E-state index >= 15 is 0 Å². The number of amides is 2. The Bertz CT molecular complexity index is 494. The fraction of sp³-hybridized carbons (Fsp3) is 0.500. The molecule has 0 radical (unpaired) electrons. The standard InChI is InChI=1S/C16H24N2O3/c1-11-7-12(2)9-14(8-11)10-13(3)17-16(21)18(4)6-5-15(19)20/h7-9,13H,5-6,10H2,1-4H3,(H,17,21)(H,19,20). The topological polar surface area (TPSA) is 69.6 Å². The fourth-order valence-electron chi connectivity index (χ4n) is 2.28. The molecule has 1 aromatic rings. The van der Waals surface area contributed by atoms with Gasteiger partial charge in [-0.3, -0.25) is 4.79 Å². The van der Waals surface area contributed by atoms with Crippen LogP contribution in [0, 0.1) is 13.8 Å². The molecule has 5 nitrogen and oxygen atoms in total. The third-order valence-corrected chi connectivity index (χ3v) is 3.20. The summed E-state index contributed by atoms with van der Waals surface area (Å²) in [6.07, 6.45) is 0.705. The van der Waals surface area contributed by atoms with E-state index < -0.39 is 5.97 Å². The van der Waals surface area contributed by atoms with Crippen LogP contribution in [0.2, 0.25) is 0 Å². The monoisotopic (exact) mass is 292 g/mol. The number of carboxylic acids is 1. The molecule has 21 heavy (non-hydrogen) atoms. The van der Waals surface area contributed by atoms with E-state index in [0.29, 0.717) is 0 Å². The minimum atomic E-state index is -0.905. The average molecular weight is 292 g/mol. The molecule has 0 aliphatic rings. The number of aliphatic carboxylic acids is 1. The van der Waals surface area contributed by atoms with Crippen LogP contribution in [0.15, 0.2) is 18.2 Å². The number of carboxylic acid groups (broad SMARTS) is 1. The van der Waals surface area contributed by atoms with Crippen molar-refractivity contribution in [3.8, 4) is 0 Å². The highest BCUT2D eigenvalue weighted by Gasteiger charge is 2.13. The van der Waals surface area contributed by atoms with E-state index in [9.17, 15) is 9.59 Å². The Hall–Kier alpha value is -2.04. The van der Waals surface area contributed by atoms with Gasteiger partial charge in [0.2, 0.25) is 0 Å². The minimum absolute atomic E-state index is 0.00835. The summed E-state index contributed by atoms with van der Waals surface area (Å²) >= 11 is 0. The van der Waals surface area contributed by atoms with Crippen molar-refractivity contribution in [2.45, 2.75) is 39.7 Å². The molecule has 0 bridgehead atoms. The third-order valence-electron chi connectivity index (χ3n) is 3.20. The Labute approximate surface area is 126 Å². The Balaban J connectivity index is 2.50. The first-order valence-corrected chi connectivity index (χ1v) is 7.08. The third kappa shape index (κ3) is 6.29. The van der Waals surface area contributed by atoms with E-state index in [-0.39, 0.29) is 25.0 Å². The molecule has 0 saturated heterocycles. The lowest BCUT2D eigenvalue weighted by atomic mass is 10.0. The van der Waals surface area contributed by atoms with Gasteiger partial charge in [0.15, 0.2) is 0 Å². The predicted molar refractivity (Wildman–Crippen MR) is 82.5 cm³/mol. The number of carbonyl (C=O) groups excluding carboxylic acids is 1. The van der Waals surface area contributed by atoms with Crippen molar-refractivity contribution in [1.29, 1.82) is 0 Å². The van der Waals surface area contributed by atoms with E-state index in [4.69, 9.17) is 5.11 Å². The van der Waals surface area contributed by atoms with Crippen molar-refractivity contribution in [1.82, 2.24) is 10.2 Å². The molecule has 116 valence electrons. The first-order valence-electron chi connectivity index (χ1n) is 7.08. The molecule has 0 aliphatic carbocycles. The second kappa shape index (κ2) is 7.67. The van der Waals surface area contributed by atoms with Gasteiger partial charge in [-0.15, -0.1) is 0 Å². The maximum atomic E-state index is 11.9. The molecule has 1 rings (SSSR count). The molecule has 0 fully saturated rings. The van der Waals surface area contributed by atoms with Gasteiger partial charge in [-0.2, -0.15) is 0 Å². The Morgan fingerprint density at radius 3 is 2.33 bits per heavy atom. The molecule has 2 amide bonds. The number of urea groups is 1. The summed E-state index contributed by atoms with van der Waals surface area (Å²) in [6, 6.07) is 6.10. The maximum absolute atomic E-state index is 11.9.